The molecule has 1 unspecified atom stereocenters. The number of hydrogen-bond donors (Lipinski definition) is 0. The van der Waals surface area contributed by atoms with Gasteiger partial charge in [0.05, 0.1) is 18.4 Å². The Kier molecular flexibility index (Phi) is 4.47. The predicted octanol–water partition coefficient (Wildman–Crippen LogP) is 4.28. The molecule has 0 saturated heterocycles. The van der Waals surface area contributed by atoms with Gasteiger partial charge in [0.2, 0.25) is 0 Å². The molecule has 0 radical (unpaired) electrons. The Balaban J connectivity index is 2.24. The number of halogens is 1. The number of hydrogen-bond acceptors (Lipinski definition) is 4. The van der Waals surface area contributed by atoms with E-state index in [9.17, 15) is 10.1 Å². The summed E-state index contributed by atoms with van der Waals surface area (Å²) in [5.41, 5.74) is 0.748. The number of likely N-dealkylation sites (N-methyl/N-ethyl adjacent to an activating group) is 1. The number of fused-ring (bicyclic) bond motifs is 1. The Morgan fingerprint density at radius 1 is 1.32 bits per heavy atom. The lowest BCUT2D eigenvalue weighted by Crippen LogP contribution is -2.46. The van der Waals surface area contributed by atoms with Crippen LogP contribution >= 0.6 is 11.6 Å². The second kappa shape index (κ2) is 6.58. The second-order valence-electron chi connectivity index (χ2n) is 5.58. The predicted molar refractivity (Wildman–Crippen MR) is 96.2 cm³/mol. The number of carbonyl (C=O) groups is 1. The summed E-state index contributed by atoms with van der Waals surface area (Å²) < 4.78 is 5.08. The maximum absolute atomic E-state index is 12.3. The van der Waals surface area contributed by atoms with Crippen LogP contribution in [0.2, 0.25) is 5.02 Å². The van der Waals surface area contributed by atoms with Crippen LogP contribution in [0.3, 0.4) is 0 Å². The molecule has 0 aliphatic carbocycles. The summed E-state index contributed by atoms with van der Waals surface area (Å²) in [5, 5.41) is 10.7. The highest BCUT2D eigenvalue weighted by molar-refractivity contribution is 6.31. The highest BCUT2D eigenvalue weighted by atomic mass is 35.5. The van der Waals surface area contributed by atoms with Crippen molar-refractivity contribution < 1.29 is 9.53 Å². The molecule has 0 bridgehead atoms. The van der Waals surface area contributed by atoms with Crippen LogP contribution in [0.25, 0.3) is 0 Å². The molecule has 1 aliphatic heterocycles. The molecule has 1 atom stereocenters. The summed E-state index contributed by atoms with van der Waals surface area (Å²) in [6, 6.07) is 16.8. The van der Waals surface area contributed by atoms with E-state index in [2.05, 4.69) is 11.1 Å². The fourth-order valence-electron chi connectivity index (χ4n) is 3.01. The lowest BCUT2D eigenvalue weighted by Gasteiger charge is -2.29. The standard InChI is InChI=1S/C19H16ClN3O2/c1-3-25-18(24)23(2)17-19(12-21,13-7-5-4-6-8-13)15-11-14(20)9-10-16(15)22-17/h4-11H,3H2,1-2H3. The minimum Gasteiger partial charge on any atom is -0.449 e. The van der Waals surface area contributed by atoms with Crippen LogP contribution in [-0.4, -0.2) is 30.5 Å². The zero-order valence-electron chi connectivity index (χ0n) is 13.9. The van der Waals surface area contributed by atoms with Crippen molar-refractivity contribution in [2.24, 2.45) is 4.99 Å². The van der Waals surface area contributed by atoms with Gasteiger partial charge in [-0.3, -0.25) is 4.90 Å². The first-order chi connectivity index (χ1) is 12.0. The van der Waals surface area contributed by atoms with Gasteiger partial charge < -0.3 is 4.74 Å². The van der Waals surface area contributed by atoms with Gasteiger partial charge in [-0.1, -0.05) is 41.9 Å². The van der Waals surface area contributed by atoms with Crippen LogP contribution in [0.4, 0.5) is 10.5 Å². The minimum absolute atomic E-state index is 0.236. The van der Waals surface area contributed by atoms with E-state index in [0.29, 0.717) is 27.7 Å². The summed E-state index contributed by atoms with van der Waals surface area (Å²) in [6.07, 6.45) is -0.560. The highest BCUT2D eigenvalue weighted by Gasteiger charge is 2.49. The van der Waals surface area contributed by atoms with Gasteiger partial charge in [0, 0.05) is 17.6 Å². The van der Waals surface area contributed by atoms with E-state index in [0.717, 1.165) is 0 Å². The van der Waals surface area contributed by atoms with Gasteiger partial charge in [-0.25, -0.2) is 9.79 Å². The number of ether oxygens (including phenoxy) is 1. The number of aliphatic imine (C=N–C) groups is 1. The molecule has 25 heavy (non-hydrogen) atoms. The fraction of sp³-hybridized carbons (Fsp3) is 0.211. The molecule has 5 nitrogen and oxygen atoms in total. The van der Waals surface area contributed by atoms with E-state index in [1.165, 1.54) is 4.90 Å². The smallest absolute Gasteiger partial charge is 0.415 e. The summed E-state index contributed by atoms with van der Waals surface area (Å²) >= 11 is 6.17. The first-order valence-corrected chi connectivity index (χ1v) is 8.18. The quantitative estimate of drug-likeness (QED) is 0.809. The molecule has 0 fully saturated rings. The number of nitrogens with zero attached hydrogens (tertiary/aromatic N) is 3. The van der Waals surface area contributed by atoms with E-state index in [-0.39, 0.29) is 6.61 Å². The van der Waals surface area contributed by atoms with Crippen LogP contribution in [0, 0.1) is 11.3 Å². The van der Waals surface area contributed by atoms with Crippen LogP contribution in [0.15, 0.2) is 53.5 Å². The maximum Gasteiger partial charge on any atom is 0.415 e. The molecule has 0 spiro atoms. The second-order valence-corrected chi connectivity index (χ2v) is 6.02. The van der Waals surface area contributed by atoms with Crippen LogP contribution < -0.4 is 0 Å². The molecule has 2 aromatic carbocycles. The van der Waals surface area contributed by atoms with E-state index < -0.39 is 11.5 Å². The molecule has 2 aromatic rings. The van der Waals surface area contributed by atoms with Gasteiger partial charge in [0.15, 0.2) is 5.41 Å². The molecule has 1 aliphatic rings. The van der Waals surface area contributed by atoms with Crippen LogP contribution in [0.5, 0.6) is 0 Å². The lowest BCUT2D eigenvalue weighted by atomic mass is 9.75. The first kappa shape index (κ1) is 17.0. The molecular formula is C19H16ClN3O2. The number of carbonyl (C=O) groups excluding carboxylic acids is 1. The molecule has 3 rings (SSSR count). The lowest BCUT2D eigenvalue weighted by molar-refractivity contribution is 0.133. The summed E-state index contributed by atoms with van der Waals surface area (Å²) in [4.78, 5) is 18.1. The van der Waals surface area contributed by atoms with Crippen molar-refractivity contribution in [2.75, 3.05) is 13.7 Å². The molecular weight excluding hydrogens is 338 g/mol. The van der Waals surface area contributed by atoms with Gasteiger partial charge in [0.25, 0.3) is 0 Å². The summed E-state index contributed by atoms with van der Waals surface area (Å²) in [5.74, 6) is 0.303. The van der Waals surface area contributed by atoms with Crippen molar-refractivity contribution in [3.63, 3.8) is 0 Å². The molecule has 0 saturated carbocycles. The molecule has 1 amide bonds. The number of amides is 1. The summed E-state index contributed by atoms with van der Waals surface area (Å²) in [7, 11) is 1.55. The van der Waals surface area contributed by atoms with Gasteiger partial charge in [-0.2, -0.15) is 5.26 Å². The number of amidine groups is 1. The Bertz CT molecular complexity index is 889. The third kappa shape index (κ3) is 2.65. The Morgan fingerprint density at radius 2 is 2.04 bits per heavy atom. The fourth-order valence-corrected chi connectivity index (χ4v) is 3.18. The third-order valence-corrected chi connectivity index (χ3v) is 4.39. The average molecular weight is 354 g/mol. The number of benzene rings is 2. The van der Waals surface area contributed by atoms with Gasteiger partial charge in [0.1, 0.15) is 5.84 Å². The van der Waals surface area contributed by atoms with Crippen molar-refractivity contribution in [2.45, 2.75) is 12.3 Å². The van der Waals surface area contributed by atoms with E-state index in [4.69, 9.17) is 16.3 Å². The van der Waals surface area contributed by atoms with Crippen LogP contribution in [0.1, 0.15) is 18.1 Å². The zero-order valence-corrected chi connectivity index (χ0v) is 14.6. The SMILES string of the molecule is CCOC(=O)N(C)C1=Nc2ccc(Cl)cc2C1(C#N)c1ccccc1. The summed E-state index contributed by atoms with van der Waals surface area (Å²) in [6.45, 7) is 1.96. The van der Waals surface area contributed by atoms with Gasteiger partial charge in [-0.15, -0.1) is 0 Å². The van der Waals surface area contributed by atoms with Crippen molar-refractivity contribution in [3.8, 4) is 6.07 Å². The molecule has 1 heterocycles. The number of rotatable bonds is 2. The molecule has 126 valence electrons. The van der Waals surface area contributed by atoms with Crippen LogP contribution in [-0.2, 0) is 10.2 Å². The molecule has 0 aromatic heterocycles. The third-order valence-electron chi connectivity index (χ3n) is 4.16. The van der Waals surface area contributed by atoms with Gasteiger partial charge >= 0.3 is 6.09 Å². The Morgan fingerprint density at radius 3 is 2.68 bits per heavy atom. The van der Waals surface area contributed by atoms with E-state index in [1.54, 1.807) is 32.2 Å². The van der Waals surface area contributed by atoms with Gasteiger partial charge in [-0.05, 0) is 30.7 Å². The van der Waals surface area contributed by atoms with Crippen molar-refractivity contribution in [1.29, 1.82) is 5.26 Å². The topological polar surface area (TPSA) is 65.7 Å². The maximum atomic E-state index is 12.3. The van der Waals surface area contributed by atoms with Crippen molar-refractivity contribution in [1.82, 2.24) is 4.90 Å². The highest BCUT2D eigenvalue weighted by Crippen LogP contribution is 2.46. The molecule has 6 heteroatoms. The number of nitriles is 1. The Hall–Kier alpha value is -2.84. The monoisotopic (exact) mass is 353 g/mol. The molecule has 0 N–H and O–H groups in total. The van der Waals surface area contributed by atoms with Crippen molar-refractivity contribution in [3.05, 3.63) is 64.7 Å². The average Bonchev–Trinajstić information content (AvgIpc) is 2.96. The minimum atomic E-state index is -1.23. The normalized spacial score (nSPS) is 18.1. The first-order valence-electron chi connectivity index (χ1n) is 7.81. The van der Waals surface area contributed by atoms with Crippen molar-refractivity contribution >= 4 is 29.2 Å². The zero-order chi connectivity index (χ0) is 18.0. The Labute approximate surface area is 151 Å². The van der Waals surface area contributed by atoms with E-state index >= 15 is 0 Å². The largest absolute Gasteiger partial charge is 0.449 e. The van der Waals surface area contributed by atoms with E-state index in [1.807, 2.05) is 30.3 Å².